The van der Waals surface area contributed by atoms with E-state index >= 15 is 0 Å². The number of unbranched alkanes of at least 4 members (excludes halogenated alkanes) is 1. The van der Waals surface area contributed by atoms with Gasteiger partial charge in [0.25, 0.3) is 0 Å². The first-order chi connectivity index (χ1) is 8.79. The Morgan fingerprint density at radius 3 is 2.50 bits per heavy atom. The molecule has 102 valence electrons. The molecule has 0 atom stereocenters. The van der Waals surface area contributed by atoms with Crippen molar-refractivity contribution in [1.29, 1.82) is 0 Å². The minimum absolute atomic E-state index is 0.708. The summed E-state index contributed by atoms with van der Waals surface area (Å²) in [6, 6.07) is 0. The van der Waals surface area contributed by atoms with Gasteiger partial charge in [-0.15, -0.1) is 0 Å². The largest absolute Gasteiger partial charge is 0.380 e. The summed E-state index contributed by atoms with van der Waals surface area (Å²) < 4.78 is 5.49. The average molecular weight is 252 g/mol. The Morgan fingerprint density at radius 1 is 1.11 bits per heavy atom. The summed E-state index contributed by atoms with van der Waals surface area (Å²) in [6.45, 7) is 9.40. The highest BCUT2D eigenvalue weighted by atomic mass is 16.5. The van der Waals surface area contributed by atoms with E-state index in [4.69, 9.17) is 4.74 Å². The molecule has 0 spiro atoms. The predicted octanol–water partition coefficient (Wildman–Crippen LogP) is 2.45. The van der Waals surface area contributed by atoms with Crippen molar-refractivity contribution in [3.63, 3.8) is 0 Å². The van der Waals surface area contributed by atoms with Crippen molar-refractivity contribution in [2.24, 2.45) is 0 Å². The second kappa shape index (κ2) is 8.69. The van der Waals surface area contributed by atoms with Gasteiger partial charge in [0.05, 0.1) is 6.61 Å². The number of nitrogens with one attached hydrogen (secondary N) is 2. The van der Waals surface area contributed by atoms with Crippen LogP contribution in [0.25, 0.3) is 0 Å². The standard InChI is InChI=1S/C13H24N4O/c1-4-6-8-18-9-7-15-13-11(3)12(14-5-2)16-10-17-13/h10H,4-9H2,1-3H3,(H2,14,15,16,17). The first-order valence-corrected chi connectivity index (χ1v) is 6.66. The maximum Gasteiger partial charge on any atom is 0.134 e. The maximum atomic E-state index is 5.49. The van der Waals surface area contributed by atoms with Gasteiger partial charge in [-0.3, -0.25) is 0 Å². The van der Waals surface area contributed by atoms with Gasteiger partial charge in [0.2, 0.25) is 0 Å². The molecule has 0 bridgehead atoms. The molecule has 1 heterocycles. The lowest BCUT2D eigenvalue weighted by atomic mass is 10.3. The molecule has 0 aliphatic heterocycles. The molecule has 1 aromatic rings. The Balaban J connectivity index is 2.35. The monoisotopic (exact) mass is 252 g/mol. The van der Waals surface area contributed by atoms with Gasteiger partial charge < -0.3 is 15.4 Å². The lowest BCUT2D eigenvalue weighted by Crippen LogP contribution is -2.13. The third-order valence-corrected chi connectivity index (χ3v) is 2.61. The van der Waals surface area contributed by atoms with Crippen LogP contribution in [0.15, 0.2) is 6.33 Å². The van der Waals surface area contributed by atoms with Crippen molar-refractivity contribution in [2.75, 3.05) is 36.9 Å². The number of rotatable bonds is 9. The molecule has 5 heteroatoms. The fraction of sp³-hybridized carbons (Fsp3) is 0.692. The molecule has 0 saturated heterocycles. The smallest absolute Gasteiger partial charge is 0.134 e. The zero-order valence-electron chi connectivity index (χ0n) is 11.6. The van der Waals surface area contributed by atoms with Crippen LogP contribution in [0.4, 0.5) is 11.6 Å². The van der Waals surface area contributed by atoms with Gasteiger partial charge in [0, 0.05) is 25.3 Å². The summed E-state index contributed by atoms with van der Waals surface area (Å²) in [4.78, 5) is 8.44. The van der Waals surface area contributed by atoms with Crippen LogP contribution in [0.2, 0.25) is 0 Å². The molecule has 0 aliphatic rings. The normalized spacial score (nSPS) is 10.4. The highest BCUT2D eigenvalue weighted by Gasteiger charge is 2.04. The summed E-state index contributed by atoms with van der Waals surface area (Å²) in [5.41, 5.74) is 1.05. The highest BCUT2D eigenvalue weighted by Crippen LogP contribution is 2.17. The van der Waals surface area contributed by atoms with Gasteiger partial charge in [-0.25, -0.2) is 9.97 Å². The zero-order valence-corrected chi connectivity index (χ0v) is 11.6. The van der Waals surface area contributed by atoms with E-state index in [0.29, 0.717) is 6.61 Å². The van der Waals surface area contributed by atoms with Gasteiger partial charge in [-0.2, -0.15) is 0 Å². The molecule has 0 aliphatic carbocycles. The van der Waals surface area contributed by atoms with Crippen LogP contribution in [-0.2, 0) is 4.74 Å². The molecule has 0 saturated carbocycles. The van der Waals surface area contributed by atoms with E-state index in [1.807, 2.05) is 6.92 Å². The topological polar surface area (TPSA) is 59.1 Å². The third-order valence-electron chi connectivity index (χ3n) is 2.61. The van der Waals surface area contributed by atoms with E-state index in [9.17, 15) is 0 Å². The number of hydrogen-bond acceptors (Lipinski definition) is 5. The van der Waals surface area contributed by atoms with Crippen LogP contribution in [-0.4, -0.2) is 36.3 Å². The first kappa shape index (κ1) is 14.7. The van der Waals surface area contributed by atoms with Gasteiger partial charge in [0.1, 0.15) is 18.0 Å². The fourth-order valence-electron chi connectivity index (χ4n) is 1.56. The van der Waals surface area contributed by atoms with Crippen LogP contribution in [0.3, 0.4) is 0 Å². The molecule has 0 fully saturated rings. The van der Waals surface area contributed by atoms with Crippen molar-refractivity contribution in [2.45, 2.75) is 33.6 Å². The Morgan fingerprint density at radius 2 is 1.83 bits per heavy atom. The zero-order chi connectivity index (χ0) is 13.2. The van der Waals surface area contributed by atoms with Gasteiger partial charge >= 0.3 is 0 Å². The fourth-order valence-corrected chi connectivity index (χ4v) is 1.56. The van der Waals surface area contributed by atoms with Crippen LogP contribution in [0, 0.1) is 6.92 Å². The summed E-state index contributed by atoms with van der Waals surface area (Å²) in [7, 11) is 0. The summed E-state index contributed by atoms with van der Waals surface area (Å²) in [6.07, 6.45) is 3.87. The first-order valence-electron chi connectivity index (χ1n) is 6.66. The molecule has 0 aromatic carbocycles. The number of aromatic nitrogens is 2. The van der Waals surface area contributed by atoms with E-state index in [-0.39, 0.29) is 0 Å². The van der Waals surface area contributed by atoms with Crippen molar-refractivity contribution < 1.29 is 4.74 Å². The highest BCUT2D eigenvalue weighted by molar-refractivity contribution is 5.56. The Bertz CT molecular complexity index is 344. The van der Waals surface area contributed by atoms with E-state index in [0.717, 1.165) is 43.3 Å². The van der Waals surface area contributed by atoms with Crippen molar-refractivity contribution in [1.82, 2.24) is 9.97 Å². The van der Waals surface area contributed by atoms with Crippen LogP contribution < -0.4 is 10.6 Å². The van der Waals surface area contributed by atoms with Gasteiger partial charge in [0.15, 0.2) is 0 Å². The minimum Gasteiger partial charge on any atom is -0.380 e. The molecule has 1 aromatic heterocycles. The summed E-state index contributed by atoms with van der Waals surface area (Å²) >= 11 is 0. The lowest BCUT2D eigenvalue weighted by molar-refractivity contribution is 0.141. The average Bonchev–Trinajstić information content (AvgIpc) is 2.38. The van der Waals surface area contributed by atoms with Crippen molar-refractivity contribution >= 4 is 11.6 Å². The SMILES string of the molecule is CCCCOCCNc1ncnc(NCC)c1C. The lowest BCUT2D eigenvalue weighted by Gasteiger charge is -2.12. The van der Waals surface area contributed by atoms with Crippen LogP contribution in [0.5, 0.6) is 0 Å². The molecule has 5 nitrogen and oxygen atoms in total. The number of ether oxygens (including phenoxy) is 1. The molecule has 2 N–H and O–H groups in total. The molecule has 18 heavy (non-hydrogen) atoms. The van der Waals surface area contributed by atoms with Crippen molar-refractivity contribution in [3.05, 3.63) is 11.9 Å². The van der Waals surface area contributed by atoms with E-state index in [1.165, 1.54) is 6.42 Å². The molecular formula is C13H24N4O. The van der Waals surface area contributed by atoms with Crippen molar-refractivity contribution in [3.8, 4) is 0 Å². The van der Waals surface area contributed by atoms with Crippen LogP contribution in [0.1, 0.15) is 32.3 Å². The van der Waals surface area contributed by atoms with Gasteiger partial charge in [-0.1, -0.05) is 13.3 Å². The molecular weight excluding hydrogens is 228 g/mol. The third kappa shape index (κ3) is 4.87. The second-order valence-electron chi connectivity index (χ2n) is 4.12. The minimum atomic E-state index is 0.708. The second-order valence-corrected chi connectivity index (χ2v) is 4.12. The number of hydrogen-bond donors (Lipinski definition) is 2. The van der Waals surface area contributed by atoms with E-state index in [2.05, 4.69) is 34.4 Å². The van der Waals surface area contributed by atoms with Gasteiger partial charge in [-0.05, 0) is 20.3 Å². The quantitative estimate of drug-likeness (QED) is 0.661. The maximum absolute atomic E-state index is 5.49. The molecule has 0 amide bonds. The molecule has 1 rings (SSSR count). The van der Waals surface area contributed by atoms with E-state index < -0.39 is 0 Å². The number of anilines is 2. The summed E-state index contributed by atoms with van der Waals surface area (Å²) in [5, 5.41) is 6.48. The Labute approximate surface area is 109 Å². The predicted molar refractivity (Wildman–Crippen MR) is 75.1 cm³/mol. The van der Waals surface area contributed by atoms with E-state index in [1.54, 1.807) is 6.33 Å². The van der Waals surface area contributed by atoms with Crippen LogP contribution >= 0.6 is 0 Å². The molecule has 0 unspecified atom stereocenters. The number of nitrogens with zero attached hydrogens (tertiary/aromatic N) is 2. The Kier molecular flexibility index (Phi) is 7.10. The summed E-state index contributed by atoms with van der Waals surface area (Å²) in [5.74, 6) is 1.77. The Hall–Kier alpha value is -1.36. The molecule has 0 radical (unpaired) electrons.